The van der Waals surface area contributed by atoms with Crippen LogP contribution in [0.2, 0.25) is 5.02 Å². The summed E-state index contributed by atoms with van der Waals surface area (Å²) in [6.45, 7) is 8.65. The molecule has 1 fully saturated rings. The third kappa shape index (κ3) is 5.40. The molecule has 0 aromatic heterocycles. The third-order valence-electron chi connectivity index (χ3n) is 4.89. The number of thioether (sulfide) groups is 1. The number of imide groups is 1. The Kier molecular flexibility index (Phi) is 7.74. The summed E-state index contributed by atoms with van der Waals surface area (Å²) in [6.07, 6.45) is 1.57. The van der Waals surface area contributed by atoms with Gasteiger partial charge in [0.05, 0.1) is 23.1 Å². The molecule has 2 amide bonds. The molecule has 1 saturated heterocycles. The lowest BCUT2D eigenvalue weighted by Crippen LogP contribution is -2.32. The molecule has 1 N–H and O–H groups in total. The van der Waals surface area contributed by atoms with Crippen molar-refractivity contribution in [3.05, 3.63) is 56.9 Å². The highest BCUT2D eigenvalue weighted by Gasteiger charge is 2.35. The molecular formula is C24H26ClNO5S. The summed E-state index contributed by atoms with van der Waals surface area (Å²) in [4.78, 5) is 26.7. The predicted molar refractivity (Wildman–Crippen MR) is 128 cm³/mol. The Morgan fingerprint density at radius 2 is 1.91 bits per heavy atom. The number of phenolic OH excluding ortho intramolecular Hbond substituents is 1. The van der Waals surface area contributed by atoms with Crippen LogP contribution in [0.25, 0.3) is 6.08 Å². The number of rotatable bonds is 8. The van der Waals surface area contributed by atoms with E-state index in [1.807, 2.05) is 25.1 Å². The number of aryl methyl sites for hydroxylation is 1. The number of ether oxygens (including phenoxy) is 2. The summed E-state index contributed by atoms with van der Waals surface area (Å²) in [6, 6.07) is 9.13. The van der Waals surface area contributed by atoms with Gasteiger partial charge in [-0.2, -0.15) is 0 Å². The van der Waals surface area contributed by atoms with Crippen LogP contribution in [0.5, 0.6) is 17.2 Å². The first-order chi connectivity index (χ1) is 15.2. The van der Waals surface area contributed by atoms with Crippen LogP contribution in [0.1, 0.15) is 43.4 Å². The molecule has 8 heteroatoms. The van der Waals surface area contributed by atoms with Crippen LogP contribution in [-0.2, 0) is 4.79 Å². The molecule has 0 bridgehead atoms. The lowest BCUT2D eigenvalue weighted by molar-refractivity contribution is -0.123. The number of amides is 2. The average Bonchev–Trinajstić information content (AvgIpc) is 2.99. The maximum Gasteiger partial charge on any atom is 0.293 e. The van der Waals surface area contributed by atoms with Gasteiger partial charge in [0.25, 0.3) is 11.1 Å². The van der Waals surface area contributed by atoms with Crippen molar-refractivity contribution >= 4 is 40.6 Å². The van der Waals surface area contributed by atoms with Crippen molar-refractivity contribution in [3.8, 4) is 17.2 Å². The molecule has 0 spiro atoms. The zero-order valence-electron chi connectivity index (χ0n) is 18.5. The predicted octanol–water partition coefficient (Wildman–Crippen LogP) is 5.99. The van der Waals surface area contributed by atoms with Crippen molar-refractivity contribution < 1.29 is 24.2 Å². The molecule has 0 aliphatic carbocycles. The van der Waals surface area contributed by atoms with Crippen molar-refractivity contribution in [1.29, 1.82) is 0 Å². The fraction of sp³-hybridized carbons (Fsp3) is 0.333. The van der Waals surface area contributed by atoms with Crippen LogP contribution >= 0.6 is 23.4 Å². The number of benzene rings is 2. The van der Waals surface area contributed by atoms with Crippen LogP contribution in [0, 0.1) is 6.92 Å². The fourth-order valence-electron chi connectivity index (χ4n) is 3.28. The van der Waals surface area contributed by atoms with Crippen molar-refractivity contribution in [1.82, 2.24) is 4.90 Å². The van der Waals surface area contributed by atoms with E-state index >= 15 is 0 Å². The molecule has 2 aromatic rings. The van der Waals surface area contributed by atoms with Crippen LogP contribution in [0.3, 0.4) is 0 Å². The fourth-order valence-corrected chi connectivity index (χ4v) is 4.36. The lowest BCUT2D eigenvalue weighted by Gasteiger charge is -2.17. The van der Waals surface area contributed by atoms with E-state index in [-0.39, 0.29) is 45.7 Å². The molecule has 3 rings (SSSR count). The average molecular weight is 476 g/mol. The number of nitrogens with zero attached hydrogens (tertiary/aromatic N) is 1. The molecule has 6 nitrogen and oxygen atoms in total. The molecule has 0 unspecified atom stereocenters. The van der Waals surface area contributed by atoms with Gasteiger partial charge in [0.1, 0.15) is 12.4 Å². The molecular weight excluding hydrogens is 450 g/mol. The number of carbonyl (C=O) groups excluding carboxylic acids is 2. The smallest absolute Gasteiger partial charge is 0.293 e. The van der Waals surface area contributed by atoms with E-state index in [1.165, 1.54) is 11.0 Å². The summed E-state index contributed by atoms with van der Waals surface area (Å²) in [7, 11) is 0. The summed E-state index contributed by atoms with van der Waals surface area (Å²) in [5.74, 6) is 0.735. The van der Waals surface area contributed by atoms with Crippen molar-refractivity contribution in [3.63, 3.8) is 0 Å². The number of carbonyl (C=O) groups is 2. The van der Waals surface area contributed by atoms with Crippen molar-refractivity contribution in [2.45, 2.75) is 33.6 Å². The van der Waals surface area contributed by atoms with E-state index in [2.05, 4.69) is 13.8 Å². The molecule has 1 aliphatic rings. The largest absolute Gasteiger partial charge is 0.503 e. The van der Waals surface area contributed by atoms with Crippen LogP contribution in [-0.4, -0.2) is 40.9 Å². The van der Waals surface area contributed by atoms with Gasteiger partial charge in [-0.25, -0.2) is 0 Å². The Labute approximate surface area is 197 Å². The van der Waals surface area contributed by atoms with Crippen molar-refractivity contribution in [2.75, 3.05) is 19.8 Å². The molecule has 0 atom stereocenters. The highest BCUT2D eigenvalue weighted by molar-refractivity contribution is 8.18. The Bertz CT molecular complexity index is 1070. The standard InChI is InChI=1S/C24H26ClNO5S/c1-5-30-20-12-16(11-18(25)22(20)27)13-21-23(28)26(24(29)32-21)8-9-31-19-10-15(4)6-7-17(19)14(2)3/h6-7,10-14,27H,5,8-9H2,1-4H3/b21-13-. The summed E-state index contributed by atoms with van der Waals surface area (Å²) in [5.41, 5.74) is 2.72. The molecule has 2 aromatic carbocycles. The van der Waals surface area contributed by atoms with E-state index in [0.717, 1.165) is 28.6 Å². The SMILES string of the molecule is CCOc1cc(/C=C2\SC(=O)N(CCOc3cc(C)ccc3C(C)C)C2=O)cc(Cl)c1O. The van der Waals surface area contributed by atoms with Gasteiger partial charge < -0.3 is 14.6 Å². The highest BCUT2D eigenvalue weighted by atomic mass is 35.5. The minimum atomic E-state index is -0.390. The lowest BCUT2D eigenvalue weighted by atomic mass is 10.0. The van der Waals surface area contributed by atoms with E-state index < -0.39 is 0 Å². The summed E-state index contributed by atoms with van der Waals surface area (Å²) >= 11 is 6.92. The van der Waals surface area contributed by atoms with Gasteiger partial charge >= 0.3 is 0 Å². The first-order valence-corrected chi connectivity index (χ1v) is 11.5. The first-order valence-electron chi connectivity index (χ1n) is 10.3. The van der Waals surface area contributed by atoms with Crippen molar-refractivity contribution in [2.24, 2.45) is 0 Å². The van der Waals surface area contributed by atoms with Gasteiger partial charge in [0.15, 0.2) is 11.5 Å². The second-order valence-electron chi connectivity index (χ2n) is 7.66. The number of aromatic hydroxyl groups is 1. The number of halogens is 1. The first kappa shape index (κ1) is 24.0. The van der Waals surface area contributed by atoms with E-state index in [4.69, 9.17) is 21.1 Å². The quantitative estimate of drug-likeness (QED) is 0.472. The topological polar surface area (TPSA) is 76.1 Å². The second-order valence-corrected chi connectivity index (χ2v) is 9.06. The molecule has 32 heavy (non-hydrogen) atoms. The number of hydrogen-bond acceptors (Lipinski definition) is 6. The minimum Gasteiger partial charge on any atom is -0.503 e. The van der Waals surface area contributed by atoms with Gasteiger partial charge in [0, 0.05) is 0 Å². The monoisotopic (exact) mass is 475 g/mol. The summed E-state index contributed by atoms with van der Waals surface area (Å²) < 4.78 is 11.3. The van der Waals surface area contributed by atoms with Gasteiger partial charge in [-0.15, -0.1) is 0 Å². The van der Waals surface area contributed by atoms with Gasteiger partial charge in [-0.1, -0.05) is 37.6 Å². The maximum atomic E-state index is 12.8. The molecule has 0 radical (unpaired) electrons. The van der Waals surface area contributed by atoms with Crippen LogP contribution < -0.4 is 9.47 Å². The Balaban J connectivity index is 1.71. The Hall–Kier alpha value is -2.64. The second kappa shape index (κ2) is 10.3. The Morgan fingerprint density at radius 1 is 1.16 bits per heavy atom. The maximum absolute atomic E-state index is 12.8. The molecule has 1 heterocycles. The molecule has 1 aliphatic heterocycles. The van der Waals surface area contributed by atoms with E-state index in [0.29, 0.717) is 18.1 Å². The van der Waals surface area contributed by atoms with Crippen LogP contribution in [0.15, 0.2) is 35.2 Å². The zero-order valence-corrected chi connectivity index (χ0v) is 20.0. The minimum absolute atomic E-state index is 0.105. The highest BCUT2D eigenvalue weighted by Crippen LogP contribution is 2.38. The molecule has 0 saturated carbocycles. The third-order valence-corrected chi connectivity index (χ3v) is 6.08. The summed E-state index contributed by atoms with van der Waals surface area (Å²) in [5, 5.41) is 9.74. The Morgan fingerprint density at radius 3 is 2.59 bits per heavy atom. The number of phenols is 1. The van der Waals surface area contributed by atoms with Gasteiger partial charge in [0.2, 0.25) is 0 Å². The van der Waals surface area contributed by atoms with Crippen LogP contribution in [0.4, 0.5) is 4.79 Å². The zero-order chi connectivity index (χ0) is 23.4. The van der Waals surface area contributed by atoms with Gasteiger partial charge in [-0.05, 0) is 72.5 Å². The van der Waals surface area contributed by atoms with Gasteiger partial charge in [-0.3, -0.25) is 14.5 Å². The normalized spacial score (nSPS) is 15.2. The van der Waals surface area contributed by atoms with E-state index in [9.17, 15) is 14.7 Å². The molecule has 170 valence electrons. The van der Waals surface area contributed by atoms with E-state index in [1.54, 1.807) is 19.1 Å². The number of hydrogen-bond donors (Lipinski definition) is 1.